The van der Waals surface area contributed by atoms with Crippen molar-refractivity contribution in [2.45, 2.75) is 18.7 Å². The van der Waals surface area contributed by atoms with E-state index in [0.29, 0.717) is 25.2 Å². The number of carbonyl (C=O) groups excluding carboxylic acids is 1. The summed E-state index contributed by atoms with van der Waals surface area (Å²) in [6.45, 7) is 8.17. The lowest BCUT2D eigenvalue weighted by molar-refractivity contribution is 0.0772. The van der Waals surface area contributed by atoms with Crippen molar-refractivity contribution in [2.75, 3.05) is 39.3 Å². The quantitative estimate of drug-likeness (QED) is 0.717. The second-order valence-corrected chi connectivity index (χ2v) is 7.01. The predicted molar refractivity (Wildman–Crippen MR) is 85.3 cm³/mol. The van der Waals surface area contributed by atoms with Crippen LogP contribution in [0.15, 0.2) is 29.2 Å². The summed E-state index contributed by atoms with van der Waals surface area (Å²) in [6.07, 6.45) is 0. The van der Waals surface area contributed by atoms with Crippen LogP contribution in [0.1, 0.15) is 24.2 Å². The Bertz CT molecular complexity index is 623. The van der Waals surface area contributed by atoms with Crippen LogP contribution in [0.25, 0.3) is 0 Å². The molecule has 0 saturated carbocycles. The van der Waals surface area contributed by atoms with Crippen molar-refractivity contribution in [3.05, 3.63) is 29.8 Å². The zero-order valence-electron chi connectivity index (χ0n) is 13.1. The third kappa shape index (κ3) is 4.28. The molecular formula is C15H23N3O3S. The molecule has 1 heterocycles. The van der Waals surface area contributed by atoms with Crippen molar-refractivity contribution in [2.24, 2.45) is 0 Å². The molecule has 1 fully saturated rings. The van der Waals surface area contributed by atoms with Gasteiger partial charge in [-0.15, -0.1) is 0 Å². The molecule has 1 amide bonds. The Labute approximate surface area is 132 Å². The highest BCUT2D eigenvalue weighted by atomic mass is 32.2. The zero-order chi connectivity index (χ0) is 16.2. The van der Waals surface area contributed by atoms with Crippen LogP contribution in [-0.2, 0) is 10.0 Å². The van der Waals surface area contributed by atoms with Gasteiger partial charge >= 0.3 is 0 Å². The molecule has 1 N–H and O–H groups in total. The van der Waals surface area contributed by atoms with Crippen LogP contribution in [0, 0.1) is 0 Å². The minimum Gasteiger partial charge on any atom is -0.339 e. The van der Waals surface area contributed by atoms with Crippen LogP contribution >= 0.6 is 0 Å². The molecule has 0 unspecified atom stereocenters. The minimum absolute atomic E-state index is 0.135. The SMILES string of the molecule is CCN(CC)C(=O)c1cccc(S(=O)(=O)NCCN2CC2)c1. The number of hydrogen-bond acceptors (Lipinski definition) is 4. The van der Waals surface area contributed by atoms with Crippen molar-refractivity contribution < 1.29 is 13.2 Å². The Balaban J connectivity index is 2.10. The first-order valence-corrected chi connectivity index (χ1v) is 9.07. The monoisotopic (exact) mass is 325 g/mol. The fraction of sp³-hybridized carbons (Fsp3) is 0.533. The molecular weight excluding hydrogens is 302 g/mol. The molecule has 0 aromatic heterocycles. The Hall–Kier alpha value is -1.44. The van der Waals surface area contributed by atoms with Crippen LogP contribution in [-0.4, -0.2) is 63.4 Å². The lowest BCUT2D eigenvalue weighted by atomic mass is 10.2. The van der Waals surface area contributed by atoms with Gasteiger partial charge in [0.25, 0.3) is 5.91 Å². The maximum atomic E-state index is 12.3. The molecule has 0 spiro atoms. The van der Waals surface area contributed by atoms with E-state index in [1.165, 1.54) is 12.1 Å². The highest BCUT2D eigenvalue weighted by molar-refractivity contribution is 7.89. The fourth-order valence-electron chi connectivity index (χ4n) is 2.21. The van der Waals surface area contributed by atoms with Crippen LogP contribution in [0.2, 0.25) is 0 Å². The number of carbonyl (C=O) groups is 1. The number of amides is 1. The van der Waals surface area contributed by atoms with Gasteiger partial charge in [-0.2, -0.15) is 0 Å². The van der Waals surface area contributed by atoms with Crippen molar-refractivity contribution in [3.8, 4) is 0 Å². The fourth-order valence-corrected chi connectivity index (χ4v) is 3.27. The summed E-state index contributed by atoms with van der Waals surface area (Å²) in [6, 6.07) is 6.21. The standard InChI is InChI=1S/C15H23N3O3S/c1-3-18(4-2)15(19)13-6-5-7-14(12-13)22(20,21)16-8-9-17-10-11-17/h5-7,12,16H,3-4,8-11H2,1-2H3. The molecule has 1 aliphatic rings. The molecule has 0 bridgehead atoms. The van der Waals surface area contributed by atoms with Gasteiger partial charge < -0.3 is 4.90 Å². The average Bonchev–Trinajstić information content (AvgIpc) is 3.32. The second-order valence-electron chi connectivity index (χ2n) is 5.24. The lowest BCUT2D eigenvalue weighted by Crippen LogP contribution is -2.31. The number of benzene rings is 1. The molecule has 0 atom stereocenters. The van der Waals surface area contributed by atoms with Gasteiger partial charge in [0.15, 0.2) is 0 Å². The van der Waals surface area contributed by atoms with Crippen LogP contribution in [0.3, 0.4) is 0 Å². The largest absolute Gasteiger partial charge is 0.339 e. The summed E-state index contributed by atoms with van der Waals surface area (Å²) in [5.41, 5.74) is 0.400. The van der Waals surface area contributed by atoms with Crippen molar-refractivity contribution >= 4 is 15.9 Å². The first-order chi connectivity index (χ1) is 10.5. The van der Waals surface area contributed by atoms with Crippen LogP contribution < -0.4 is 4.72 Å². The Morgan fingerprint density at radius 1 is 1.27 bits per heavy atom. The normalized spacial score (nSPS) is 14.8. The van der Waals surface area contributed by atoms with E-state index in [2.05, 4.69) is 9.62 Å². The van der Waals surface area contributed by atoms with Gasteiger partial charge in [0.05, 0.1) is 4.90 Å². The van der Waals surface area contributed by atoms with E-state index < -0.39 is 10.0 Å². The molecule has 122 valence electrons. The molecule has 0 radical (unpaired) electrons. The highest BCUT2D eigenvalue weighted by Gasteiger charge is 2.20. The Morgan fingerprint density at radius 3 is 2.55 bits per heavy atom. The minimum atomic E-state index is -3.57. The smallest absolute Gasteiger partial charge is 0.253 e. The van der Waals surface area contributed by atoms with Gasteiger partial charge in [0.1, 0.15) is 0 Å². The molecule has 6 nitrogen and oxygen atoms in total. The number of sulfonamides is 1. The molecule has 7 heteroatoms. The summed E-state index contributed by atoms with van der Waals surface area (Å²) in [4.78, 5) is 16.2. The van der Waals surface area contributed by atoms with E-state index in [9.17, 15) is 13.2 Å². The number of hydrogen-bond donors (Lipinski definition) is 1. The summed E-state index contributed by atoms with van der Waals surface area (Å²) in [5, 5.41) is 0. The van der Waals surface area contributed by atoms with E-state index in [4.69, 9.17) is 0 Å². The summed E-state index contributed by atoms with van der Waals surface area (Å²) in [5.74, 6) is -0.147. The van der Waals surface area contributed by atoms with E-state index in [0.717, 1.165) is 19.6 Å². The first-order valence-electron chi connectivity index (χ1n) is 7.59. The van der Waals surface area contributed by atoms with Gasteiger partial charge in [0, 0.05) is 44.8 Å². The molecule has 1 aromatic carbocycles. The van der Waals surface area contributed by atoms with Gasteiger partial charge in [-0.25, -0.2) is 13.1 Å². The molecule has 1 aliphatic heterocycles. The number of rotatable bonds is 8. The van der Waals surface area contributed by atoms with Gasteiger partial charge in [0.2, 0.25) is 10.0 Å². The molecule has 1 saturated heterocycles. The zero-order valence-corrected chi connectivity index (χ0v) is 13.9. The topological polar surface area (TPSA) is 69.5 Å². The van der Waals surface area contributed by atoms with Gasteiger partial charge in [-0.3, -0.25) is 9.69 Å². The van der Waals surface area contributed by atoms with E-state index in [1.807, 2.05) is 13.8 Å². The van der Waals surface area contributed by atoms with Crippen LogP contribution in [0.5, 0.6) is 0 Å². The Kier molecular flexibility index (Phi) is 5.55. The first kappa shape index (κ1) is 16.9. The average molecular weight is 325 g/mol. The molecule has 2 rings (SSSR count). The lowest BCUT2D eigenvalue weighted by Gasteiger charge is -2.19. The highest BCUT2D eigenvalue weighted by Crippen LogP contribution is 2.13. The molecule has 22 heavy (non-hydrogen) atoms. The molecule has 1 aromatic rings. The summed E-state index contributed by atoms with van der Waals surface area (Å²) >= 11 is 0. The van der Waals surface area contributed by atoms with Gasteiger partial charge in [-0.05, 0) is 32.0 Å². The van der Waals surface area contributed by atoms with Crippen molar-refractivity contribution in [1.82, 2.24) is 14.5 Å². The van der Waals surface area contributed by atoms with Crippen LogP contribution in [0.4, 0.5) is 0 Å². The van der Waals surface area contributed by atoms with Crippen molar-refractivity contribution in [3.63, 3.8) is 0 Å². The summed E-state index contributed by atoms with van der Waals surface area (Å²) < 4.78 is 27.1. The Morgan fingerprint density at radius 2 is 1.95 bits per heavy atom. The third-order valence-electron chi connectivity index (χ3n) is 3.70. The third-order valence-corrected chi connectivity index (χ3v) is 5.16. The van der Waals surface area contributed by atoms with E-state index in [-0.39, 0.29) is 10.8 Å². The van der Waals surface area contributed by atoms with E-state index >= 15 is 0 Å². The maximum absolute atomic E-state index is 12.3. The predicted octanol–water partition coefficient (Wildman–Crippen LogP) is 0.762. The number of nitrogens with zero attached hydrogens (tertiary/aromatic N) is 2. The van der Waals surface area contributed by atoms with E-state index in [1.54, 1.807) is 17.0 Å². The van der Waals surface area contributed by atoms with Gasteiger partial charge in [-0.1, -0.05) is 6.07 Å². The molecule has 0 aliphatic carbocycles. The maximum Gasteiger partial charge on any atom is 0.253 e. The number of nitrogens with one attached hydrogen (secondary N) is 1. The summed E-state index contributed by atoms with van der Waals surface area (Å²) in [7, 11) is -3.57. The van der Waals surface area contributed by atoms with Crippen molar-refractivity contribution in [1.29, 1.82) is 0 Å². The second kappa shape index (κ2) is 7.21.